The molecule has 3 aromatic rings. The van der Waals surface area contributed by atoms with E-state index in [1.165, 1.54) is 24.3 Å². The minimum atomic E-state index is -5.86. The Bertz CT molecular complexity index is 3360. The zero-order chi connectivity index (χ0) is 55.9. The number of hydrogen-bond acceptors (Lipinski definition) is 18. The lowest BCUT2D eigenvalue weighted by Crippen LogP contribution is -2.36. The Labute approximate surface area is 430 Å². The Morgan fingerprint density at radius 3 is 2.19 bits per heavy atom. The molecule has 3 aliphatic rings. The summed E-state index contributed by atoms with van der Waals surface area (Å²) in [7, 11) is -26.1. The van der Waals surface area contributed by atoms with Gasteiger partial charge in [-0.15, -0.1) is 0 Å². The molecule has 410 valence electrons. The number of allylic oxidation sites excluding steroid dienone is 4. The summed E-state index contributed by atoms with van der Waals surface area (Å²) in [4.78, 5) is 67.3. The van der Waals surface area contributed by atoms with E-state index in [4.69, 9.17) is 20.3 Å². The lowest BCUT2D eigenvalue weighted by Gasteiger charge is -2.25. The summed E-state index contributed by atoms with van der Waals surface area (Å²) in [6, 6.07) is 8.90. The van der Waals surface area contributed by atoms with Gasteiger partial charge in [0.2, 0.25) is 11.6 Å². The second-order valence-electron chi connectivity index (χ2n) is 18.3. The molecule has 2 unspecified atom stereocenters. The number of rotatable bonds is 20. The van der Waals surface area contributed by atoms with Crippen LogP contribution < -0.4 is 21.6 Å². The van der Waals surface area contributed by atoms with Crippen molar-refractivity contribution in [1.82, 2.24) is 14.9 Å². The van der Waals surface area contributed by atoms with Gasteiger partial charge in [-0.05, 0) is 75.6 Å². The van der Waals surface area contributed by atoms with Crippen LogP contribution in [0.4, 0.5) is 17.2 Å². The Hall–Kier alpha value is -4.79. The van der Waals surface area contributed by atoms with Crippen molar-refractivity contribution < 1.29 is 96.7 Å². The summed E-state index contributed by atoms with van der Waals surface area (Å²) in [5.41, 5.74) is 7.89. The van der Waals surface area contributed by atoms with Crippen molar-refractivity contribution in [1.29, 1.82) is 0 Å². The first kappa shape index (κ1) is 59.5. The highest BCUT2D eigenvalue weighted by Crippen LogP contribution is 2.66. The molecule has 0 saturated carbocycles. The van der Waals surface area contributed by atoms with Crippen LogP contribution in [-0.2, 0) is 67.4 Å². The van der Waals surface area contributed by atoms with Crippen molar-refractivity contribution in [3.63, 3.8) is 0 Å². The number of unbranched alkanes of at least 4 members (excludes halogenated alkanes) is 2. The normalized spacial score (nSPS) is 22.4. The van der Waals surface area contributed by atoms with E-state index in [0.717, 1.165) is 34.5 Å². The standard InChI is InChI=1S/C43H55N6O21P3S2/c1-6-47-31-18-16-27(74(61,62)63)22-29(31)42(2,3)34(47)13-10-14-35-43(4,5)30-23-28(75(64,65)66)17-19-32(30)48(35)21-9-7-8-15-36(50)45-20-11-12-26-24-49(41(53)46-39(26)44)40-38(52)37(51)33(68-40)25-67-72(57,58)70-73(59,60)69-71(54,55)56/h10,13-14,16-19,22-24,33,37-38,40,51-52H,6-9,15,20-21,25H2,1-5H3,(H8-,44,45,46,50,53,54,55,56,57,58,59,60,61,62,63,64,65,66)/p+1/t33-,37-,38-,40-/m1/s1. The first-order valence-corrected chi connectivity index (χ1v) is 30.0. The summed E-state index contributed by atoms with van der Waals surface area (Å²) in [5.74, 6) is 4.60. The van der Waals surface area contributed by atoms with Gasteiger partial charge < -0.3 is 50.5 Å². The van der Waals surface area contributed by atoms with Crippen LogP contribution in [0.15, 0.2) is 81.1 Å². The Morgan fingerprint density at radius 1 is 0.920 bits per heavy atom. The molecule has 27 nitrogen and oxygen atoms in total. The number of anilines is 2. The molecule has 11 N–H and O–H groups in total. The average molecular weight is 1150 g/mol. The van der Waals surface area contributed by atoms with E-state index in [1.54, 1.807) is 12.1 Å². The van der Waals surface area contributed by atoms with E-state index in [2.05, 4.69) is 44.8 Å². The number of benzene rings is 2. The Kier molecular flexibility index (Phi) is 17.7. The van der Waals surface area contributed by atoms with Gasteiger partial charge in [0.15, 0.2) is 11.9 Å². The molecule has 0 spiro atoms. The minimum absolute atomic E-state index is 0.0814. The number of nitrogen functional groups attached to an aromatic ring is 1. The number of phosphoric acid groups is 3. The first-order valence-electron chi connectivity index (χ1n) is 22.6. The van der Waals surface area contributed by atoms with Gasteiger partial charge in [-0.25, -0.2) is 18.5 Å². The number of aliphatic hydroxyl groups excluding tert-OH is 2. The molecule has 1 amide bonds. The van der Waals surface area contributed by atoms with E-state index in [1.807, 2.05) is 52.8 Å². The number of nitrogens with zero attached hydrogens (tertiary/aromatic N) is 4. The van der Waals surface area contributed by atoms with Gasteiger partial charge in [0.1, 0.15) is 30.7 Å². The number of amides is 1. The number of carbonyl (C=O) groups excluding carboxylic acids is 1. The lowest BCUT2D eigenvalue weighted by molar-refractivity contribution is -0.438. The number of likely N-dealkylation sites (N-methyl/N-ethyl adjacent to an activating group) is 1. The van der Waals surface area contributed by atoms with Crippen molar-refractivity contribution in [3.8, 4) is 11.8 Å². The molecule has 1 saturated heterocycles. The average Bonchev–Trinajstić information content (AvgIpc) is 3.77. The Balaban J connectivity index is 1.08. The maximum absolute atomic E-state index is 12.8. The number of ether oxygens (including phenoxy) is 1. The summed E-state index contributed by atoms with van der Waals surface area (Å²) < 4.78 is 123. The Morgan fingerprint density at radius 2 is 1.56 bits per heavy atom. The summed E-state index contributed by atoms with van der Waals surface area (Å²) >= 11 is 0. The summed E-state index contributed by atoms with van der Waals surface area (Å²) in [6.45, 7) is 9.42. The molecule has 3 aliphatic heterocycles. The van der Waals surface area contributed by atoms with Crippen molar-refractivity contribution in [3.05, 3.63) is 93.7 Å². The topological polar surface area (TPSA) is 415 Å². The SMILES string of the molecule is CCN1C(=CC=CC2=[N+](CCCCCC(=O)NCC#Cc3cn([C@@H]4O[C@H](COP(=O)(O)OP(=O)(O)OP(=O)(O)O)[C@@H](O)[C@H]4O)c(=O)nc3N)c3ccc(S(=O)(=O)O)cc3C2(C)C)C(C)(C)c2cc(S(=O)(=O)O)ccc21. The molecule has 32 heteroatoms. The number of nitrogens with one attached hydrogen (secondary N) is 1. The largest absolute Gasteiger partial charge is 0.490 e. The fourth-order valence-corrected chi connectivity index (χ4v) is 12.9. The van der Waals surface area contributed by atoms with Crippen molar-refractivity contribution in [2.24, 2.45) is 0 Å². The zero-order valence-corrected chi connectivity index (χ0v) is 45.0. The maximum Gasteiger partial charge on any atom is 0.490 e. The third-order valence-corrected chi connectivity index (χ3v) is 17.9. The van der Waals surface area contributed by atoms with E-state index in [0.29, 0.717) is 42.5 Å². The predicted octanol–water partition coefficient (Wildman–Crippen LogP) is 2.64. The molecule has 0 aliphatic carbocycles. The molecule has 1 fully saturated rings. The van der Waals surface area contributed by atoms with Crippen LogP contribution in [0.1, 0.15) is 83.2 Å². The molecule has 4 heterocycles. The molecule has 0 bridgehead atoms. The molecule has 6 rings (SSSR count). The van der Waals surface area contributed by atoms with Gasteiger partial charge in [-0.2, -0.15) is 35.0 Å². The number of nitrogens with two attached hydrogens (primary N) is 1. The van der Waals surface area contributed by atoms with Gasteiger partial charge in [-0.3, -0.25) is 23.0 Å². The zero-order valence-electron chi connectivity index (χ0n) is 40.6. The van der Waals surface area contributed by atoms with Gasteiger partial charge in [0.05, 0.1) is 33.9 Å². The van der Waals surface area contributed by atoms with Gasteiger partial charge in [-0.1, -0.05) is 31.8 Å². The number of carbonyl (C=O) groups is 1. The van der Waals surface area contributed by atoms with Crippen molar-refractivity contribution in [2.75, 3.05) is 36.9 Å². The first-order chi connectivity index (χ1) is 34.6. The number of fused-ring (bicyclic) bond motifs is 2. The smallest absolute Gasteiger partial charge is 0.387 e. The quantitative estimate of drug-likeness (QED) is 0.0255. The summed E-state index contributed by atoms with van der Waals surface area (Å²) in [6.07, 6.45) is 1.23. The van der Waals surface area contributed by atoms with E-state index in [9.17, 15) is 69.2 Å². The van der Waals surface area contributed by atoms with Crippen LogP contribution in [0.25, 0.3) is 0 Å². The van der Waals surface area contributed by atoms with Crippen molar-refractivity contribution in [2.45, 2.75) is 105 Å². The molecular weight excluding hydrogens is 1090 g/mol. The predicted molar refractivity (Wildman–Crippen MR) is 266 cm³/mol. The molecule has 2 aromatic carbocycles. The van der Waals surface area contributed by atoms with Gasteiger partial charge >= 0.3 is 29.2 Å². The highest BCUT2D eigenvalue weighted by atomic mass is 32.2. The molecular formula is C43H56N6O21P3S2+. The lowest BCUT2D eigenvalue weighted by atomic mass is 9.81. The van der Waals surface area contributed by atoms with Gasteiger partial charge in [0.25, 0.3) is 20.2 Å². The molecule has 0 radical (unpaired) electrons. The van der Waals surface area contributed by atoms with E-state index in [-0.39, 0.29) is 40.0 Å². The van der Waals surface area contributed by atoms with Crippen LogP contribution in [0, 0.1) is 11.8 Å². The highest BCUT2D eigenvalue weighted by molar-refractivity contribution is 7.86. The third kappa shape index (κ3) is 13.9. The number of aromatic nitrogens is 2. The molecule has 75 heavy (non-hydrogen) atoms. The van der Waals surface area contributed by atoms with Crippen LogP contribution in [0.5, 0.6) is 0 Å². The monoisotopic (exact) mass is 1150 g/mol. The van der Waals surface area contributed by atoms with Crippen LogP contribution in [0.2, 0.25) is 0 Å². The molecule has 1 aromatic heterocycles. The fourth-order valence-electron chi connectivity index (χ4n) is 8.87. The molecule has 6 atom stereocenters. The third-order valence-electron chi connectivity index (χ3n) is 12.4. The number of aliphatic hydroxyl groups is 2. The minimum Gasteiger partial charge on any atom is -0.387 e. The van der Waals surface area contributed by atoms with Crippen LogP contribution in [-0.4, -0.2) is 126 Å². The van der Waals surface area contributed by atoms with Crippen LogP contribution >= 0.6 is 23.5 Å². The summed E-state index contributed by atoms with van der Waals surface area (Å²) in [5, 5.41) is 23.8. The second kappa shape index (κ2) is 22.3. The van der Waals surface area contributed by atoms with E-state index >= 15 is 0 Å². The highest BCUT2D eigenvalue weighted by Gasteiger charge is 2.48. The second-order valence-corrected chi connectivity index (χ2v) is 25.6. The van der Waals surface area contributed by atoms with E-state index < -0.39 is 91.4 Å². The van der Waals surface area contributed by atoms with Crippen molar-refractivity contribution >= 4 is 72.5 Å². The van der Waals surface area contributed by atoms with Gasteiger partial charge in [0, 0.05) is 60.1 Å². The number of phosphoric ester groups is 1. The fraction of sp³-hybridized carbons (Fsp3) is 0.442. The van der Waals surface area contributed by atoms with Crippen LogP contribution in [0.3, 0.4) is 0 Å². The maximum atomic E-state index is 12.8. The number of hydrogen-bond donors (Lipinski definition) is 10.